The zero-order valence-electron chi connectivity index (χ0n) is 8.71. The number of aliphatic hydroxyl groups is 2. The zero-order chi connectivity index (χ0) is 10.2. The molecule has 80 valence electrons. The topological polar surface area (TPSA) is 40.5 Å². The molecular weight excluding hydrogens is 176 g/mol. The molecule has 0 amide bonds. The van der Waals surface area contributed by atoms with Crippen LogP contribution in [0.5, 0.6) is 0 Å². The van der Waals surface area contributed by atoms with Crippen molar-refractivity contribution < 1.29 is 10.2 Å². The molecule has 0 unspecified atom stereocenters. The maximum Gasteiger partial charge on any atom is 0.0921 e. The Morgan fingerprint density at radius 3 is 2.36 bits per heavy atom. The zero-order valence-corrected chi connectivity index (χ0v) is 8.71. The minimum Gasteiger partial charge on any atom is -0.513 e. The lowest BCUT2D eigenvalue weighted by molar-refractivity contribution is 0.366. The Labute approximate surface area is 86.0 Å². The molecule has 0 aromatic rings. The van der Waals surface area contributed by atoms with Crippen molar-refractivity contribution in [3.8, 4) is 0 Å². The van der Waals surface area contributed by atoms with Gasteiger partial charge < -0.3 is 10.2 Å². The fourth-order valence-electron chi connectivity index (χ4n) is 1.66. The van der Waals surface area contributed by atoms with Crippen LogP contribution >= 0.6 is 0 Å². The first kappa shape index (κ1) is 11.2. The summed E-state index contributed by atoms with van der Waals surface area (Å²) in [6, 6.07) is 0. The monoisotopic (exact) mass is 196 g/mol. The van der Waals surface area contributed by atoms with Crippen LogP contribution in [0.1, 0.15) is 51.4 Å². The van der Waals surface area contributed by atoms with Gasteiger partial charge in [0.25, 0.3) is 0 Å². The van der Waals surface area contributed by atoms with Crippen molar-refractivity contribution in [3.63, 3.8) is 0 Å². The molecule has 0 radical (unpaired) electrons. The molecule has 1 rings (SSSR count). The van der Waals surface area contributed by atoms with Crippen LogP contribution in [0.15, 0.2) is 23.7 Å². The predicted molar refractivity (Wildman–Crippen MR) is 58.4 cm³/mol. The van der Waals surface area contributed by atoms with Crippen LogP contribution in [0, 0.1) is 0 Å². The fraction of sp³-hybridized carbons (Fsp3) is 0.667. The number of hydrogen-bond donors (Lipinski definition) is 2. The molecule has 0 atom stereocenters. The lowest BCUT2D eigenvalue weighted by Gasteiger charge is -2.04. The van der Waals surface area contributed by atoms with Gasteiger partial charge in [-0.2, -0.15) is 0 Å². The standard InChI is InChI=1S/C12H20O2/c13-11-7-5-3-1-2-4-6-8-12(14)10-9-11/h7,10,13-14H,1-6,8-9H2/b11-7+,12-10+. The van der Waals surface area contributed by atoms with Crippen molar-refractivity contribution >= 4 is 0 Å². The molecule has 0 fully saturated rings. The Morgan fingerprint density at radius 1 is 0.786 bits per heavy atom. The molecule has 1 aliphatic carbocycles. The quantitative estimate of drug-likeness (QED) is 0.614. The predicted octanol–water partition coefficient (Wildman–Crippen LogP) is 4.00. The van der Waals surface area contributed by atoms with Crippen molar-refractivity contribution in [2.24, 2.45) is 0 Å². The number of aliphatic hydroxyl groups excluding tert-OH is 2. The van der Waals surface area contributed by atoms with Crippen molar-refractivity contribution in [1.82, 2.24) is 0 Å². The van der Waals surface area contributed by atoms with Crippen LogP contribution in [-0.2, 0) is 0 Å². The summed E-state index contributed by atoms with van der Waals surface area (Å²) >= 11 is 0. The molecule has 14 heavy (non-hydrogen) atoms. The van der Waals surface area contributed by atoms with Crippen LogP contribution in [0.4, 0.5) is 0 Å². The molecule has 2 heteroatoms. The average molecular weight is 196 g/mol. The first-order chi connectivity index (χ1) is 6.79. The first-order valence-corrected chi connectivity index (χ1v) is 5.55. The molecule has 2 N–H and O–H groups in total. The summed E-state index contributed by atoms with van der Waals surface area (Å²) in [7, 11) is 0. The lowest BCUT2D eigenvalue weighted by Crippen LogP contribution is -1.88. The van der Waals surface area contributed by atoms with Gasteiger partial charge in [0, 0.05) is 12.8 Å². The smallest absolute Gasteiger partial charge is 0.0921 e. The molecule has 0 saturated carbocycles. The van der Waals surface area contributed by atoms with E-state index in [9.17, 15) is 10.2 Å². The van der Waals surface area contributed by atoms with Gasteiger partial charge in [0.05, 0.1) is 11.5 Å². The van der Waals surface area contributed by atoms with Gasteiger partial charge in [-0.1, -0.05) is 19.3 Å². The molecule has 0 saturated heterocycles. The third-order valence-electron chi connectivity index (χ3n) is 2.56. The minimum atomic E-state index is 0.386. The second-order valence-corrected chi connectivity index (χ2v) is 3.90. The molecule has 2 nitrogen and oxygen atoms in total. The van der Waals surface area contributed by atoms with Crippen LogP contribution in [0.3, 0.4) is 0 Å². The fourth-order valence-corrected chi connectivity index (χ4v) is 1.66. The summed E-state index contributed by atoms with van der Waals surface area (Å²) in [6.07, 6.45) is 11.7. The molecule has 0 bridgehead atoms. The van der Waals surface area contributed by atoms with Crippen LogP contribution in [0.2, 0.25) is 0 Å². The SMILES string of the molecule is O/C1=C/CCCCCCC/C(O)=C\C1. The largest absolute Gasteiger partial charge is 0.513 e. The molecule has 0 aromatic heterocycles. The Bertz CT molecular complexity index is 216. The molecule has 0 aliphatic heterocycles. The highest BCUT2D eigenvalue weighted by molar-refractivity contribution is 5.02. The van der Waals surface area contributed by atoms with Crippen molar-refractivity contribution in [2.75, 3.05) is 0 Å². The van der Waals surface area contributed by atoms with E-state index in [1.807, 2.05) is 6.08 Å². The van der Waals surface area contributed by atoms with E-state index in [0.717, 1.165) is 19.3 Å². The third kappa shape index (κ3) is 4.95. The third-order valence-corrected chi connectivity index (χ3v) is 2.56. The summed E-state index contributed by atoms with van der Waals surface area (Å²) in [5, 5.41) is 18.9. The van der Waals surface area contributed by atoms with Gasteiger partial charge in [-0.3, -0.25) is 0 Å². The average Bonchev–Trinajstić information content (AvgIpc) is 2.17. The van der Waals surface area contributed by atoms with E-state index in [1.54, 1.807) is 6.08 Å². The summed E-state index contributed by atoms with van der Waals surface area (Å²) in [5.41, 5.74) is 0. The normalized spacial score (nSPS) is 28.9. The molecule has 0 aromatic carbocycles. The van der Waals surface area contributed by atoms with Crippen LogP contribution < -0.4 is 0 Å². The number of hydrogen-bond acceptors (Lipinski definition) is 2. The molecule has 0 spiro atoms. The van der Waals surface area contributed by atoms with Crippen molar-refractivity contribution in [2.45, 2.75) is 51.4 Å². The van der Waals surface area contributed by atoms with Gasteiger partial charge in [0.2, 0.25) is 0 Å². The Kier molecular flexibility index (Phi) is 5.20. The van der Waals surface area contributed by atoms with E-state index in [-0.39, 0.29) is 0 Å². The second kappa shape index (κ2) is 6.52. The maximum atomic E-state index is 9.43. The second-order valence-electron chi connectivity index (χ2n) is 3.90. The van der Waals surface area contributed by atoms with Gasteiger partial charge in [0.15, 0.2) is 0 Å². The van der Waals surface area contributed by atoms with Crippen molar-refractivity contribution in [1.29, 1.82) is 0 Å². The molecule has 1 aliphatic rings. The van der Waals surface area contributed by atoms with Gasteiger partial charge in [-0.15, -0.1) is 0 Å². The van der Waals surface area contributed by atoms with Gasteiger partial charge in [-0.25, -0.2) is 0 Å². The summed E-state index contributed by atoms with van der Waals surface area (Å²) in [5.74, 6) is 0.808. The van der Waals surface area contributed by atoms with E-state index >= 15 is 0 Å². The Hall–Kier alpha value is -0.920. The van der Waals surface area contributed by atoms with E-state index in [2.05, 4.69) is 0 Å². The number of rotatable bonds is 0. The maximum absolute atomic E-state index is 9.43. The summed E-state index contributed by atoms with van der Waals surface area (Å²) in [6.45, 7) is 0. The first-order valence-electron chi connectivity index (χ1n) is 5.55. The highest BCUT2D eigenvalue weighted by Gasteiger charge is 1.98. The van der Waals surface area contributed by atoms with Crippen LogP contribution in [0.25, 0.3) is 0 Å². The van der Waals surface area contributed by atoms with E-state index in [4.69, 9.17) is 0 Å². The minimum absolute atomic E-state index is 0.386. The van der Waals surface area contributed by atoms with Gasteiger partial charge in [0.1, 0.15) is 0 Å². The summed E-state index contributed by atoms with van der Waals surface area (Å²) in [4.78, 5) is 0. The lowest BCUT2D eigenvalue weighted by atomic mass is 10.1. The Balaban J connectivity index is 2.45. The van der Waals surface area contributed by atoms with Crippen molar-refractivity contribution in [3.05, 3.63) is 23.7 Å². The number of allylic oxidation sites excluding steroid dienone is 3. The molecule has 0 heterocycles. The highest BCUT2D eigenvalue weighted by atomic mass is 16.3. The van der Waals surface area contributed by atoms with E-state index in [1.165, 1.54) is 25.7 Å². The Morgan fingerprint density at radius 2 is 1.50 bits per heavy atom. The summed E-state index contributed by atoms with van der Waals surface area (Å²) < 4.78 is 0. The van der Waals surface area contributed by atoms with Gasteiger partial charge >= 0.3 is 0 Å². The highest BCUT2D eigenvalue weighted by Crippen LogP contribution is 2.14. The van der Waals surface area contributed by atoms with Crippen LogP contribution in [-0.4, -0.2) is 10.2 Å². The van der Waals surface area contributed by atoms with E-state index in [0.29, 0.717) is 17.9 Å². The van der Waals surface area contributed by atoms with E-state index < -0.39 is 0 Å². The van der Waals surface area contributed by atoms with Gasteiger partial charge in [-0.05, 0) is 31.4 Å². The molecular formula is C12H20O2.